The van der Waals surface area contributed by atoms with Gasteiger partial charge in [-0.2, -0.15) is 5.10 Å². The number of fused-ring (bicyclic) bond motifs is 2. The van der Waals surface area contributed by atoms with Gasteiger partial charge < -0.3 is 19.9 Å². The molecule has 0 bridgehead atoms. The van der Waals surface area contributed by atoms with Crippen LogP contribution in [-0.2, 0) is 27.5 Å². The zero-order valence-electron chi connectivity index (χ0n) is 28.7. The summed E-state index contributed by atoms with van der Waals surface area (Å²) in [7, 11) is 0.973. The lowest BCUT2D eigenvalue weighted by molar-refractivity contribution is -0.146. The van der Waals surface area contributed by atoms with E-state index >= 15 is 0 Å². The van der Waals surface area contributed by atoms with Crippen molar-refractivity contribution in [1.82, 2.24) is 29.5 Å². The van der Waals surface area contributed by atoms with E-state index in [0.29, 0.717) is 30.3 Å². The van der Waals surface area contributed by atoms with E-state index in [9.17, 15) is 9.59 Å². The van der Waals surface area contributed by atoms with E-state index < -0.39 is 19.9 Å². The predicted octanol–water partition coefficient (Wildman–Crippen LogP) is 6.57. The van der Waals surface area contributed by atoms with Crippen molar-refractivity contribution in [2.24, 2.45) is 11.3 Å². The van der Waals surface area contributed by atoms with Crippen molar-refractivity contribution < 1.29 is 14.3 Å². The fourth-order valence-corrected chi connectivity index (χ4v) is 8.69. The third-order valence-electron chi connectivity index (χ3n) is 9.88. The fraction of sp³-hybridized carbons (Fsp3) is 0.571. The van der Waals surface area contributed by atoms with Gasteiger partial charge in [0.2, 0.25) is 0 Å². The third-order valence-corrected chi connectivity index (χ3v) is 12.6. The number of hydrogen-bond donors (Lipinski definition) is 1. The van der Waals surface area contributed by atoms with Gasteiger partial charge in [-0.25, -0.2) is 9.67 Å². The summed E-state index contributed by atoms with van der Waals surface area (Å²) >= 11 is 1.78. The number of rotatable bonds is 9. The van der Waals surface area contributed by atoms with Gasteiger partial charge in [-0.1, -0.05) is 39.6 Å². The number of benzene rings is 1. The molecule has 2 saturated heterocycles. The highest BCUT2D eigenvalue weighted by Crippen LogP contribution is 2.39. The number of ether oxygens (including phenoxy) is 1. The molecule has 0 aliphatic carbocycles. The van der Waals surface area contributed by atoms with E-state index in [1.807, 2.05) is 0 Å². The number of aromatic nitrogens is 4. The highest BCUT2D eigenvalue weighted by atomic mass is 32.1. The van der Waals surface area contributed by atoms with Crippen molar-refractivity contribution in [3.8, 4) is 0 Å². The van der Waals surface area contributed by atoms with Crippen LogP contribution < -0.4 is 5.32 Å². The van der Waals surface area contributed by atoms with E-state index in [1.165, 1.54) is 22.5 Å². The molecule has 5 heterocycles. The second-order valence-corrected chi connectivity index (χ2v) is 22.1. The Morgan fingerprint density at radius 2 is 1.91 bits per heavy atom. The van der Waals surface area contributed by atoms with Gasteiger partial charge >= 0.3 is 11.8 Å². The number of amides is 2. The number of nitrogens with zero attached hydrogens (tertiary/aromatic N) is 6. The van der Waals surface area contributed by atoms with Crippen LogP contribution in [0.25, 0.3) is 21.1 Å². The van der Waals surface area contributed by atoms with E-state index in [0.717, 1.165) is 54.9 Å². The largest absolute Gasteiger partial charge is 0.360 e. The molecule has 2 aliphatic rings. The van der Waals surface area contributed by atoms with Gasteiger partial charge in [0.05, 0.1) is 44.9 Å². The van der Waals surface area contributed by atoms with Gasteiger partial charge in [0.1, 0.15) is 6.73 Å². The number of likely N-dealkylation sites (tertiary alicyclic amines) is 2. The normalized spacial score (nSPS) is 20.6. The molecule has 12 heteroatoms. The van der Waals surface area contributed by atoms with Crippen LogP contribution in [0.3, 0.4) is 0 Å². The lowest BCUT2D eigenvalue weighted by Gasteiger charge is -2.38. The smallest absolute Gasteiger partial charge is 0.314 e. The second-order valence-electron chi connectivity index (χ2n) is 15.4. The van der Waals surface area contributed by atoms with Crippen molar-refractivity contribution in [1.29, 1.82) is 0 Å². The minimum Gasteiger partial charge on any atom is -0.360 e. The first kappa shape index (κ1) is 33.7. The SMILES string of the molecule is C[C@H]1CC[C@H](c2ccc3sc(CC4(C)CCN(C)CC4)nc3c2)N(C(=O)C(=O)Nc2cncc3cnn(COCC[Si](C)(C)C)c23)C1. The molecule has 3 aromatic heterocycles. The first-order chi connectivity index (χ1) is 22.4. The van der Waals surface area contributed by atoms with Gasteiger partial charge in [0.15, 0.2) is 0 Å². The molecule has 1 aromatic carbocycles. The Kier molecular flexibility index (Phi) is 9.85. The molecule has 0 unspecified atom stereocenters. The van der Waals surface area contributed by atoms with Gasteiger partial charge in [0, 0.05) is 39.2 Å². The average molecular weight is 676 g/mol. The van der Waals surface area contributed by atoms with Gasteiger partial charge in [0.25, 0.3) is 0 Å². The summed E-state index contributed by atoms with van der Waals surface area (Å²) in [5.41, 5.74) is 3.43. The summed E-state index contributed by atoms with van der Waals surface area (Å²) in [6.45, 7) is 15.2. The van der Waals surface area contributed by atoms with Crippen LogP contribution in [0, 0.1) is 11.3 Å². The lowest BCUT2D eigenvalue weighted by atomic mass is 9.78. The predicted molar refractivity (Wildman–Crippen MR) is 191 cm³/mol. The highest BCUT2D eigenvalue weighted by Gasteiger charge is 2.35. The van der Waals surface area contributed by atoms with Crippen LogP contribution in [0.4, 0.5) is 5.69 Å². The van der Waals surface area contributed by atoms with Crippen LogP contribution in [0.1, 0.15) is 56.1 Å². The quantitative estimate of drug-likeness (QED) is 0.122. The Balaban J connectivity index is 1.18. The van der Waals surface area contributed by atoms with Crippen LogP contribution >= 0.6 is 11.3 Å². The maximum Gasteiger partial charge on any atom is 0.314 e. The maximum atomic E-state index is 13.9. The number of nitrogens with one attached hydrogen (secondary N) is 1. The monoisotopic (exact) mass is 675 g/mol. The van der Waals surface area contributed by atoms with Crippen molar-refractivity contribution in [3.63, 3.8) is 0 Å². The van der Waals surface area contributed by atoms with Crippen molar-refractivity contribution in [2.45, 2.75) is 84.4 Å². The Hall–Kier alpha value is -3.19. The lowest BCUT2D eigenvalue weighted by Crippen LogP contribution is -2.46. The molecule has 0 radical (unpaired) electrons. The highest BCUT2D eigenvalue weighted by molar-refractivity contribution is 7.18. The summed E-state index contributed by atoms with van der Waals surface area (Å²) in [5.74, 6) is -0.910. The van der Waals surface area contributed by atoms with Crippen molar-refractivity contribution >= 4 is 58.0 Å². The number of piperidine rings is 2. The van der Waals surface area contributed by atoms with E-state index in [1.54, 1.807) is 39.5 Å². The van der Waals surface area contributed by atoms with Gasteiger partial charge in [-0.15, -0.1) is 11.3 Å². The van der Waals surface area contributed by atoms with Crippen LogP contribution in [0.15, 0.2) is 36.8 Å². The molecular weight excluding hydrogens is 627 g/mol. The molecule has 2 amide bonds. The maximum absolute atomic E-state index is 13.9. The number of carbonyl (C=O) groups excluding carboxylic acids is 2. The van der Waals surface area contributed by atoms with Gasteiger partial charge in [-0.3, -0.25) is 14.6 Å². The van der Waals surface area contributed by atoms with E-state index in [2.05, 4.69) is 79.0 Å². The molecule has 6 rings (SSSR count). The van der Waals surface area contributed by atoms with Gasteiger partial charge in [-0.05, 0) is 80.9 Å². The first-order valence-electron chi connectivity index (χ1n) is 16.9. The number of hydrogen-bond acceptors (Lipinski definition) is 8. The minimum absolute atomic E-state index is 0.190. The Morgan fingerprint density at radius 3 is 2.68 bits per heavy atom. The van der Waals surface area contributed by atoms with E-state index in [4.69, 9.17) is 9.72 Å². The van der Waals surface area contributed by atoms with Crippen LogP contribution in [0.5, 0.6) is 0 Å². The summed E-state index contributed by atoms with van der Waals surface area (Å²) in [4.78, 5) is 41.0. The Morgan fingerprint density at radius 1 is 1.13 bits per heavy atom. The molecule has 0 saturated carbocycles. The standard InChI is InChI=1S/C35H49N7O3SSi/c1-24-7-9-29(25-8-10-30-27(17-25)38-31(46-30)18-35(2)11-13-40(3)14-12-35)41(22-24)34(44)33(43)39-28-21-36-19-26-20-37-42(32(26)28)23-45-15-16-47(4,5)6/h8,10,17,19-21,24,29H,7,9,11-16,18,22-23H2,1-6H3,(H,39,43)/t24-,29+/m0/s1. The molecular formula is C35H49N7O3SSi. The second kappa shape index (κ2) is 13.7. The number of thiazole rings is 1. The zero-order chi connectivity index (χ0) is 33.3. The average Bonchev–Trinajstić information content (AvgIpc) is 3.63. The van der Waals surface area contributed by atoms with Crippen molar-refractivity contribution in [3.05, 3.63) is 47.4 Å². The van der Waals surface area contributed by atoms with Crippen LogP contribution in [-0.4, -0.2) is 82.7 Å². The van der Waals surface area contributed by atoms with Crippen molar-refractivity contribution in [2.75, 3.05) is 38.6 Å². The number of carbonyl (C=O) groups is 2. The topological polar surface area (TPSA) is 105 Å². The third kappa shape index (κ3) is 7.93. The summed E-state index contributed by atoms with van der Waals surface area (Å²) < 4.78 is 8.83. The molecule has 2 aliphatic heterocycles. The molecule has 252 valence electrons. The molecule has 1 N–H and O–H groups in total. The molecule has 47 heavy (non-hydrogen) atoms. The number of pyridine rings is 1. The molecule has 0 spiro atoms. The zero-order valence-corrected chi connectivity index (χ0v) is 30.5. The summed E-state index contributed by atoms with van der Waals surface area (Å²) in [6, 6.07) is 7.25. The Bertz CT molecular complexity index is 1740. The molecule has 2 atom stereocenters. The summed E-state index contributed by atoms with van der Waals surface area (Å²) in [6.07, 6.45) is 10.1. The Labute approximate surface area is 282 Å². The summed E-state index contributed by atoms with van der Waals surface area (Å²) in [5, 5.41) is 9.29. The van der Waals surface area contributed by atoms with Crippen LogP contribution in [0.2, 0.25) is 25.7 Å². The van der Waals surface area contributed by atoms with E-state index in [-0.39, 0.29) is 18.2 Å². The minimum atomic E-state index is -1.22. The number of anilines is 1. The molecule has 4 aromatic rings. The first-order valence-corrected chi connectivity index (χ1v) is 21.5. The fourth-order valence-electron chi connectivity index (χ4n) is 6.77. The molecule has 10 nitrogen and oxygen atoms in total. The molecule has 2 fully saturated rings.